The molecular weight excluding hydrogens is 458 g/mol. The lowest BCUT2D eigenvalue weighted by Gasteiger charge is -2.11. The largest absolute Gasteiger partial charge is 0.377 e. The predicted molar refractivity (Wildman–Crippen MR) is 141 cm³/mol. The maximum Gasteiger partial charge on any atom is 0.330 e. The molecule has 1 aromatic carbocycles. The van der Waals surface area contributed by atoms with E-state index in [1.54, 1.807) is 4.57 Å². The normalized spacial score (nSPS) is 11.3. The maximum absolute atomic E-state index is 12.8. The van der Waals surface area contributed by atoms with Gasteiger partial charge in [0.05, 0.1) is 6.61 Å². The Bertz CT molecular complexity index is 1260. The van der Waals surface area contributed by atoms with Crippen LogP contribution in [0.4, 0.5) is 0 Å². The first-order chi connectivity index (χ1) is 17.5. The smallest absolute Gasteiger partial charge is 0.330 e. The summed E-state index contributed by atoms with van der Waals surface area (Å²) >= 11 is 0. The molecule has 0 bridgehead atoms. The standard InChI is InChI=1S/C27H39N5O4/c1-4-7-11-17-31-22(29-25-24(31)26(34)30-27(35)32(25)16-8-5-2)14-15-23(33)28-18-20-12-9-10-13-21(20)19-36-6-3/h9-10,12-13H,4-8,11,14-19H2,1-3H3,(H,28,33)(H,30,34,35). The van der Waals surface area contributed by atoms with Crippen LogP contribution in [0.2, 0.25) is 0 Å². The second kappa shape index (κ2) is 13.8. The van der Waals surface area contributed by atoms with Gasteiger partial charge in [0.15, 0.2) is 11.2 Å². The van der Waals surface area contributed by atoms with Crippen LogP contribution in [0.25, 0.3) is 11.2 Å². The Labute approximate surface area is 211 Å². The molecular formula is C27H39N5O4. The third-order valence-corrected chi connectivity index (χ3v) is 6.32. The van der Waals surface area contributed by atoms with Crippen LogP contribution in [-0.4, -0.2) is 31.6 Å². The van der Waals surface area contributed by atoms with E-state index in [1.807, 2.05) is 35.8 Å². The molecule has 2 N–H and O–H groups in total. The Balaban J connectivity index is 1.79. The minimum atomic E-state index is -0.436. The second-order valence-corrected chi connectivity index (χ2v) is 9.01. The number of hydrogen-bond acceptors (Lipinski definition) is 5. The molecule has 0 aliphatic heterocycles. The topological polar surface area (TPSA) is 111 Å². The van der Waals surface area contributed by atoms with Crippen LogP contribution in [0, 0.1) is 0 Å². The summed E-state index contributed by atoms with van der Waals surface area (Å²) in [7, 11) is 0. The molecule has 9 nitrogen and oxygen atoms in total. The molecule has 0 aliphatic carbocycles. The number of unbranched alkanes of at least 4 members (excludes halogenated alkanes) is 3. The van der Waals surface area contributed by atoms with Crippen molar-refractivity contribution in [1.82, 2.24) is 24.4 Å². The number of carbonyl (C=O) groups excluding carboxylic acids is 1. The molecule has 0 radical (unpaired) electrons. The van der Waals surface area contributed by atoms with Gasteiger partial charge in [-0.05, 0) is 30.9 Å². The average molecular weight is 498 g/mol. The van der Waals surface area contributed by atoms with Gasteiger partial charge in [-0.15, -0.1) is 0 Å². The van der Waals surface area contributed by atoms with E-state index in [-0.39, 0.29) is 12.3 Å². The van der Waals surface area contributed by atoms with Gasteiger partial charge in [-0.2, -0.15) is 0 Å². The molecule has 0 aliphatic rings. The van der Waals surface area contributed by atoms with Crippen LogP contribution < -0.4 is 16.6 Å². The fraction of sp³-hybridized carbons (Fsp3) is 0.556. The highest BCUT2D eigenvalue weighted by atomic mass is 16.5. The van der Waals surface area contributed by atoms with E-state index in [2.05, 4.69) is 24.1 Å². The minimum absolute atomic E-state index is 0.0920. The van der Waals surface area contributed by atoms with Crippen LogP contribution in [0.5, 0.6) is 0 Å². The fourth-order valence-corrected chi connectivity index (χ4v) is 4.28. The van der Waals surface area contributed by atoms with Crippen LogP contribution in [0.1, 0.15) is 76.2 Å². The van der Waals surface area contributed by atoms with Crippen molar-refractivity contribution >= 4 is 17.1 Å². The predicted octanol–water partition coefficient (Wildman–Crippen LogP) is 3.66. The van der Waals surface area contributed by atoms with E-state index in [0.29, 0.717) is 56.3 Å². The number of rotatable bonds is 15. The van der Waals surface area contributed by atoms with Crippen molar-refractivity contribution in [2.24, 2.45) is 0 Å². The number of amides is 1. The molecule has 0 saturated carbocycles. The van der Waals surface area contributed by atoms with Crippen LogP contribution in [0.15, 0.2) is 33.9 Å². The monoisotopic (exact) mass is 497 g/mol. The maximum atomic E-state index is 12.8. The van der Waals surface area contributed by atoms with Crippen molar-refractivity contribution in [3.63, 3.8) is 0 Å². The number of nitrogens with one attached hydrogen (secondary N) is 2. The van der Waals surface area contributed by atoms with Gasteiger partial charge in [-0.3, -0.25) is 19.1 Å². The Morgan fingerprint density at radius 1 is 1.00 bits per heavy atom. The van der Waals surface area contributed by atoms with Gasteiger partial charge in [-0.25, -0.2) is 9.78 Å². The lowest BCUT2D eigenvalue weighted by atomic mass is 10.1. The number of nitrogens with zero attached hydrogens (tertiary/aromatic N) is 3. The Morgan fingerprint density at radius 3 is 2.44 bits per heavy atom. The summed E-state index contributed by atoms with van der Waals surface area (Å²) in [5.41, 5.74) is 2.05. The molecule has 0 atom stereocenters. The molecule has 0 fully saturated rings. The third-order valence-electron chi connectivity index (χ3n) is 6.32. The average Bonchev–Trinajstić information content (AvgIpc) is 3.24. The van der Waals surface area contributed by atoms with Gasteiger partial charge in [0.2, 0.25) is 5.91 Å². The lowest BCUT2D eigenvalue weighted by molar-refractivity contribution is -0.121. The van der Waals surface area contributed by atoms with Gasteiger partial charge >= 0.3 is 5.69 Å². The number of carbonyl (C=O) groups is 1. The highest BCUT2D eigenvalue weighted by Gasteiger charge is 2.19. The molecule has 0 spiro atoms. The molecule has 2 aromatic heterocycles. The molecule has 196 valence electrons. The third kappa shape index (κ3) is 6.94. The minimum Gasteiger partial charge on any atom is -0.377 e. The zero-order valence-corrected chi connectivity index (χ0v) is 21.8. The fourth-order valence-electron chi connectivity index (χ4n) is 4.28. The Hall–Kier alpha value is -3.20. The number of benzene rings is 1. The highest BCUT2D eigenvalue weighted by Crippen LogP contribution is 2.16. The Morgan fingerprint density at radius 2 is 1.72 bits per heavy atom. The summed E-state index contributed by atoms with van der Waals surface area (Å²) in [6, 6.07) is 7.91. The number of imidazole rings is 1. The molecule has 1 amide bonds. The van der Waals surface area contributed by atoms with Gasteiger partial charge in [0, 0.05) is 39.1 Å². The van der Waals surface area contributed by atoms with E-state index >= 15 is 0 Å². The summed E-state index contributed by atoms with van der Waals surface area (Å²) < 4.78 is 8.98. The Kier molecular flexibility index (Phi) is 10.5. The molecule has 3 aromatic rings. The van der Waals surface area contributed by atoms with Gasteiger partial charge in [0.25, 0.3) is 5.56 Å². The summed E-state index contributed by atoms with van der Waals surface area (Å²) in [6.45, 7) is 8.82. The number of ether oxygens (including phenoxy) is 1. The summed E-state index contributed by atoms with van der Waals surface area (Å²) in [6.07, 6.45) is 5.32. The highest BCUT2D eigenvalue weighted by molar-refractivity contribution is 5.76. The number of H-pyrrole nitrogens is 1. The van der Waals surface area contributed by atoms with Crippen LogP contribution in [0.3, 0.4) is 0 Å². The van der Waals surface area contributed by atoms with Crippen molar-refractivity contribution in [3.05, 3.63) is 62.1 Å². The molecule has 0 unspecified atom stereocenters. The first kappa shape index (κ1) is 27.4. The zero-order chi connectivity index (χ0) is 25.9. The summed E-state index contributed by atoms with van der Waals surface area (Å²) in [5.74, 6) is 0.569. The molecule has 36 heavy (non-hydrogen) atoms. The van der Waals surface area contributed by atoms with Crippen LogP contribution in [-0.2, 0) is 42.2 Å². The number of aromatic amines is 1. The number of hydrogen-bond donors (Lipinski definition) is 2. The first-order valence-corrected chi connectivity index (χ1v) is 13.1. The first-order valence-electron chi connectivity index (χ1n) is 13.1. The quantitative estimate of drug-likeness (QED) is 0.311. The molecule has 2 heterocycles. The van der Waals surface area contributed by atoms with Gasteiger partial charge in [-0.1, -0.05) is 57.4 Å². The SMILES string of the molecule is CCCCCn1c(CCC(=O)NCc2ccccc2COCC)nc2c1c(=O)[nH]c(=O)n2CCCC. The van der Waals surface area contributed by atoms with Crippen molar-refractivity contribution in [3.8, 4) is 0 Å². The van der Waals surface area contributed by atoms with Gasteiger partial charge < -0.3 is 14.6 Å². The second-order valence-electron chi connectivity index (χ2n) is 9.01. The van der Waals surface area contributed by atoms with E-state index in [9.17, 15) is 14.4 Å². The van der Waals surface area contributed by atoms with Crippen molar-refractivity contribution < 1.29 is 9.53 Å². The van der Waals surface area contributed by atoms with E-state index < -0.39 is 11.2 Å². The lowest BCUT2D eigenvalue weighted by Crippen LogP contribution is -2.31. The molecule has 0 saturated heterocycles. The van der Waals surface area contributed by atoms with Crippen LogP contribution >= 0.6 is 0 Å². The van der Waals surface area contributed by atoms with E-state index in [4.69, 9.17) is 9.72 Å². The van der Waals surface area contributed by atoms with Gasteiger partial charge in [0.1, 0.15) is 5.82 Å². The molecule has 3 rings (SSSR count). The molecule has 9 heteroatoms. The summed E-state index contributed by atoms with van der Waals surface area (Å²) in [5, 5.41) is 3.00. The van der Waals surface area contributed by atoms with Crippen molar-refractivity contribution in [2.45, 2.75) is 92.0 Å². The number of aromatic nitrogens is 4. The number of fused-ring (bicyclic) bond motifs is 1. The summed E-state index contributed by atoms with van der Waals surface area (Å²) in [4.78, 5) is 45.2. The van der Waals surface area contributed by atoms with Crippen molar-refractivity contribution in [1.29, 1.82) is 0 Å². The van der Waals surface area contributed by atoms with Crippen molar-refractivity contribution in [2.75, 3.05) is 6.61 Å². The van der Waals surface area contributed by atoms with E-state index in [1.165, 1.54) is 0 Å². The number of aryl methyl sites for hydroxylation is 3. The van der Waals surface area contributed by atoms with E-state index in [0.717, 1.165) is 43.2 Å². The zero-order valence-electron chi connectivity index (χ0n) is 21.8.